The van der Waals surface area contributed by atoms with Gasteiger partial charge >= 0.3 is 5.97 Å². The zero-order valence-electron chi connectivity index (χ0n) is 82.3. The number of aliphatic carboxylic acids is 1. The molecule has 0 aliphatic carbocycles. The molecule has 6 heterocycles. The van der Waals surface area contributed by atoms with Crippen molar-refractivity contribution in [3.63, 3.8) is 0 Å². The number of aromatic amines is 1. The quantitative estimate of drug-likeness (QED) is 0.0171. The topological polar surface area (TPSA) is 853 Å². The third-order valence-electron chi connectivity index (χ3n) is 24.4. The van der Waals surface area contributed by atoms with Crippen LogP contribution in [0.3, 0.4) is 0 Å². The zero-order valence-corrected chi connectivity index (χ0v) is 84.7. The number of nitrogens with one attached hydrogen (secondary N) is 22. The lowest BCUT2D eigenvalue weighted by atomic mass is 10.0. The molecule has 1 aromatic carbocycles. The number of amides is 17. The minimum atomic E-state index is -1.77. The van der Waals surface area contributed by atoms with Crippen molar-refractivity contribution in [2.45, 2.75) is 254 Å². The highest BCUT2D eigenvalue weighted by Crippen LogP contribution is 2.27. The molecule has 5 aliphatic heterocycles. The first-order chi connectivity index (χ1) is 68.9. The molecular weight excluding hydrogens is 1950 g/mol. The van der Waals surface area contributed by atoms with Gasteiger partial charge in [-0.3, -0.25) is 109 Å². The third-order valence-corrected chi connectivity index (χ3v) is 27.6. The number of carbonyl (C=O) groups is 18. The predicted octanol–water partition coefficient (Wildman–Crippen LogP) is -7.12. The van der Waals surface area contributed by atoms with E-state index in [1.54, 1.807) is 58.2 Å². The minimum Gasteiger partial charge on any atom is -0.480 e. The van der Waals surface area contributed by atoms with Gasteiger partial charge in [0.25, 0.3) is 0 Å². The number of nitrogens with zero attached hydrogens (tertiary/aromatic N) is 5. The van der Waals surface area contributed by atoms with Crippen LogP contribution in [-0.2, 0) is 92.7 Å². The van der Waals surface area contributed by atoms with Crippen molar-refractivity contribution in [2.75, 3.05) is 100 Å². The number of rotatable bonds is 36. The molecule has 56 heteroatoms. The van der Waals surface area contributed by atoms with Gasteiger partial charge in [-0.05, 0) is 133 Å². The molecule has 14 atom stereocenters. The summed E-state index contributed by atoms with van der Waals surface area (Å²) in [6.07, 6.45) is -1.22. The molecular formula is C89H146N34O19S3. The van der Waals surface area contributed by atoms with Crippen LogP contribution < -0.4 is 125 Å². The van der Waals surface area contributed by atoms with Gasteiger partial charge < -0.3 is 160 Å². The van der Waals surface area contributed by atoms with E-state index >= 15 is 57.5 Å². The second-order valence-corrected chi connectivity index (χ2v) is 40.4. The summed E-state index contributed by atoms with van der Waals surface area (Å²) in [4.78, 5) is 276. The fourth-order valence-corrected chi connectivity index (χ4v) is 19.7. The number of para-hydroxylation sites is 1. The Morgan fingerprint density at radius 3 is 1.37 bits per heavy atom. The van der Waals surface area contributed by atoms with Crippen LogP contribution in [0.25, 0.3) is 10.9 Å². The highest BCUT2D eigenvalue weighted by Gasteiger charge is 2.45. The van der Waals surface area contributed by atoms with Crippen molar-refractivity contribution in [1.29, 1.82) is 27.0 Å². The summed E-state index contributed by atoms with van der Waals surface area (Å²) < 4.78 is 0. The van der Waals surface area contributed by atoms with Gasteiger partial charge in [0, 0.05) is 130 Å². The first-order valence-electron chi connectivity index (χ1n) is 48.6. The summed E-state index contributed by atoms with van der Waals surface area (Å²) >= 11 is 2.91. The van der Waals surface area contributed by atoms with Crippen LogP contribution >= 0.6 is 35.3 Å². The Hall–Kier alpha value is -13.4. The fourth-order valence-electron chi connectivity index (χ4n) is 16.9. The maximum absolute atomic E-state index is 15.5. The Labute approximate surface area is 852 Å². The van der Waals surface area contributed by atoms with Gasteiger partial charge in [0.15, 0.2) is 29.8 Å². The number of guanidine groups is 5. The van der Waals surface area contributed by atoms with Crippen LogP contribution in [0.15, 0.2) is 30.5 Å². The van der Waals surface area contributed by atoms with E-state index in [1.165, 1.54) is 24.5 Å². The number of aromatic nitrogens is 1. The monoisotopic (exact) mass is 2090 g/mol. The largest absolute Gasteiger partial charge is 0.480 e. The minimum absolute atomic E-state index is 0.00163. The van der Waals surface area contributed by atoms with E-state index in [0.29, 0.717) is 16.5 Å². The number of carboxylic acids is 1. The van der Waals surface area contributed by atoms with E-state index in [4.69, 9.17) is 67.2 Å². The second-order valence-electron chi connectivity index (χ2n) is 36.9. The molecule has 53 nitrogen and oxygen atoms in total. The van der Waals surface area contributed by atoms with Crippen LogP contribution in [-0.4, -0.2) is 356 Å². The van der Waals surface area contributed by atoms with Crippen molar-refractivity contribution < 1.29 is 91.4 Å². The number of carbonyl (C=O) groups excluding carboxylic acids is 17. The number of nitrogens with two attached hydrogens (primary N) is 7. The number of thioether (sulfide) groups is 3. The number of hydrogen-bond donors (Lipinski definition) is 30. The van der Waals surface area contributed by atoms with Gasteiger partial charge in [-0.15, -0.1) is 0 Å². The van der Waals surface area contributed by atoms with Crippen LogP contribution in [0.4, 0.5) is 0 Å². The van der Waals surface area contributed by atoms with Crippen molar-refractivity contribution in [3.8, 4) is 0 Å². The van der Waals surface area contributed by atoms with Crippen LogP contribution in [0.5, 0.6) is 0 Å². The first kappa shape index (κ1) is 119. The van der Waals surface area contributed by atoms with E-state index in [0.717, 1.165) is 35.3 Å². The van der Waals surface area contributed by atoms with Crippen LogP contribution in [0.1, 0.15) is 168 Å². The average molecular weight is 2090 g/mol. The third kappa shape index (κ3) is 40.3. The number of hydrogen-bond acceptors (Lipinski definition) is 27. The number of benzene rings is 1. The summed E-state index contributed by atoms with van der Waals surface area (Å²) in [6, 6.07) is -14.4. The van der Waals surface area contributed by atoms with E-state index in [1.807, 2.05) is 0 Å². The summed E-state index contributed by atoms with van der Waals surface area (Å²) in [5, 5.41) is 93.0. The van der Waals surface area contributed by atoms with Gasteiger partial charge in [-0.25, -0.2) is 4.79 Å². The number of H-pyrrole nitrogens is 1. The van der Waals surface area contributed by atoms with Gasteiger partial charge in [0.1, 0.15) is 78.5 Å². The molecule has 804 valence electrons. The Bertz CT molecular complexity index is 4900. The van der Waals surface area contributed by atoms with Crippen molar-refractivity contribution in [2.24, 2.45) is 52.0 Å². The molecule has 0 saturated carbocycles. The number of carboxylic acid groups (broad SMARTS) is 1. The van der Waals surface area contributed by atoms with Gasteiger partial charge in [-0.2, -0.15) is 35.3 Å². The molecule has 5 aliphatic rings. The second kappa shape index (κ2) is 60.4. The fraction of sp³-hybridized carbons (Fsp3) is 0.652. The zero-order chi connectivity index (χ0) is 107. The van der Waals surface area contributed by atoms with Crippen molar-refractivity contribution >= 4 is 182 Å². The highest BCUT2D eigenvalue weighted by atomic mass is 32.2. The SMILES string of the molecule is CC(C)C[C@@H]1NC(=O)[C@H](CCC(N)=O)NC(=O)[C@H](CCCNC(=N)N)NC(=O)[C@@H]2CSCCC(=O)N3CN(CN(C3)C(=O)CCSC[C@H](NC(=O)[C@@H](N)CCCNC(=N)N)C(=O)N3CCC[C@H]3C(=O)N[C@@H](CCCNC(=N)N)C(=O)N[C@@H](CC(C)C)C(=O)N3CCC[C@H]3C(=O)N2)C(=O)CCSC[C@@H](C(=O)N[C@@H](CCCNC(=N)N)C(=O)N[C@@H](Cc2c[nH]c3ccccc23)C(=O)O)NC(=O)[C@H](CCCNC(=N)N)NC1=O. The maximum Gasteiger partial charge on any atom is 0.326 e. The molecule has 2 aromatic rings. The summed E-state index contributed by atoms with van der Waals surface area (Å²) in [7, 11) is 0. The summed E-state index contributed by atoms with van der Waals surface area (Å²) in [5.74, 6) is -20.9. The molecule has 37 N–H and O–H groups in total. The Morgan fingerprint density at radius 1 is 0.462 bits per heavy atom. The summed E-state index contributed by atoms with van der Waals surface area (Å²) in [5.41, 5.74) is 41.3. The van der Waals surface area contributed by atoms with Crippen LogP contribution in [0.2, 0.25) is 0 Å². The molecule has 0 radical (unpaired) electrons. The Morgan fingerprint density at radius 2 is 0.876 bits per heavy atom. The molecule has 0 unspecified atom stereocenters. The maximum atomic E-state index is 15.5. The summed E-state index contributed by atoms with van der Waals surface area (Å²) in [6.45, 7) is 5.55. The van der Waals surface area contributed by atoms with E-state index in [9.17, 15) is 33.9 Å². The normalized spacial score (nSPS) is 23.1. The van der Waals surface area contributed by atoms with Gasteiger partial charge in [0.2, 0.25) is 100 Å². The lowest BCUT2D eigenvalue weighted by Crippen LogP contribution is -2.61. The Balaban J connectivity index is 1.36. The molecule has 5 fully saturated rings. The molecule has 4 bridgehead atoms. The smallest absolute Gasteiger partial charge is 0.326 e. The molecule has 17 amide bonds. The highest BCUT2D eigenvalue weighted by molar-refractivity contribution is 7.99. The molecule has 145 heavy (non-hydrogen) atoms. The van der Waals surface area contributed by atoms with Crippen LogP contribution in [0, 0.1) is 38.9 Å². The van der Waals surface area contributed by atoms with Crippen molar-refractivity contribution in [1.82, 2.24) is 115 Å². The van der Waals surface area contributed by atoms with E-state index < -0.39 is 272 Å². The lowest BCUT2D eigenvalue weighted by molar-refractivity contribution is -0.158. The standard InChI is InChI=1S/C89H146N34O19S3/c1-48(2)38-59-77(134)108-56(19-10-31-105-88(98)99)75(132)116-62(78(135)110-55(18-9-30-104-87(96)97)74(131)115-61(84(141)142)40-50-41-107-53-16-6-5-14-51(50)53)42-143-35-25-68(125)119-45-120-47-121(46-119)70(127)27-37-145-44-64(118-71(128)52(90)15-7-28-102-85(92)93)83(140)123-34-13-21-65(123)80(137)112-57(20-11-32-106-89(100)101)73(130)114-60(39-49(3)4)82(139)122-33-12-22-66(122)81(138)117-63(43-144-36-26-69(120)126)79(136)109-54(17-8-29-103-86(94)95)72(129)111-58(76(133)113-59)23-24-67(91)124/h5-6,14,16,41,48-49,52,54-66,107H,7-13,15,17-40,42-47,90H2,1-4H3,(H2,91,124)(H,108,134)(H,109,136)(H,110,135)(H,111,129)(H,112,137)(H,113,133)(H,114,130)(H,115,131)(H,116,132)(H,117,138)(H,118,128)(H,141,142)(H4,92,93,102)(H4,94,95,103)(H4,96,97,104)(H4,98,99,105)(H4,100,101,106)/t52-,54-,55-,56-,57-,58-,59-,60-,61-,62-,63-,64-,65-,66-/m0/s1. The molecule has 1 aromatic heterocycles. The lowest BCUT2D eigenvalue weighted by Gasteiger charge is -2.42. The van der Waals surface area contributed by atoms with Crippen molar-refractivity contribution in [3.05, 3.63) is 36.0 Å². The predicted molar refractivity (Wildman–Crippen MR) is 542 cm³/mol. The first-order valence-corrected chi connectivity index (χ1v) is 52.1. The Kier molecular flexibility index (Phi) is 49.3. The number of fused-ring (bicyclic) bond motifs is 10. The average Bonchev–Trinajstić information content (AvgIpc) is 1.65. The number of primary amides is 1. The molecule has 7 rings (SSSR count). The molecule has 0 spiro atoms. The van der Waals surface area contributed by atoms with E-state index in [-0.39, 0.29) is 203 Å². The van der Waals surface area contributed by atoms with Gasteiger partial charge in [0.05, 0.1) is 26.0 Å². The van der Waals surface area contributed by atoms with Gasteiger partial charge in [-0.1, -0.05) is 45.9 Å². The van der Waals surface area contributed by atoms with E-state index in [2.05, 4.69) is 90.1 Å². The molecule has 5 saturated heterocycles.